The van der Waals surface area contributed by atoms with Gasteiger partial charge < -0.3 is 5.73 Å². The normalized spacial score (nSPS) is 10.0. The van der Waals surface area contributed by atoms with Crippen LogP contribution in [0.2, 0.25) is 0 Å². The maximum atomic E-state index is 5.60. The zero-order valence-electron chi connectivity index (χ0n) is 7.31. The van der Waals surface area contributed by atoms with Gasteiger partial charge in [0.2, 0.25) is 0 Å². The molecule has 0 bridgehead atoms. The van der Waals surface area contributed by atoms with Gasteiger partial charge in [0.25, 0.3) is 0 Å². The first kappa shape index (κ1) is 9.30. The maximum Gasteiger partial charge on any atom is 0.116 e. The molecule has 0 amide bonds. The summed E-state index contributed by atoms with van der Waals surface area (Å²) in [7, 11) is 0. The predicted molar refractivity (Wildman–Crippen MR) is 63.4 cm³/mol. The van der Waals surface area contributed by atoms with Gasteiger partial charge in [0, 0.05) is 5.56 Å². The first-order chi connectivity index (χ1) is 6.79. The highest BCUT2D eigenvalue weighted by Gasteiger charge is 2.09. The van der Waals surface area contributed by atoms with E-state index < -0.39 is 0 Å². The van der Waals surface area contributed by atoms with Crippen molar-refractivity contribution in [1.82, 2.24) is 4.98 Å². The Morgan fingerprint density at radius 3 is 2.64 bits per heavy atom. The summed E-state index contributed by atoms with van der Waals surface area (Å²) in [5, 5.41) is 0. The van der Waals surface area contributed by atoms with E-state index in [1.54, 1.807) is 5.51 Å². The van der Waals surface area contributed by atoms with Crippen molar-refractivity contribution in [2.24, 2.45) is 5.73 Å². The maximum absolute atomic E-state index is 5.60. The van der Waals surface area contributed by atoms with E-state index in [1.165, 1.54) is 11.3 Å². The van der Waals surface area contributed by atoms with Gasteiger partial charge in [-0.25, -0.2) is 4.98 Å². The molecule has 0 spiro atoms. The fraction of sp³-hybridized carbons (Fsp3) is 0. The number of nitrogens with two attached hydrogens (primary N) is 1. The molecule has 1 aromatic carbocycles. The molecule has 0 unspecified atom stereocenters. The number of thiocarbonyl (C=S) groups is 1. The first-order valence-corrected chi connectivity index (χ1v) is 5.36. The van der Waals surface area contributed by atoms with Crippen LogP contribution in [0.25, 0.3) is 11.3 Å². The average Bonchev–Trinajstić information content (AvgIpc) is 2.67. The van der Waals surface area contributed by atoms with E-state index in [1.807, 2.05) is 30.3 Å². The lowest BCUT2D eigenvalue weighted by atomic mass is 10.1. The topological polar surface area (TPSA) is 38.9 Å². The van der Waals surface area contributed by atoms with Gasteiger partial charge in [-0.05, 0) is 0 Å². The zero-order valence-corrected chi connectivity index (χ0v) is 8.94. The Kier molecular flexibility index (Phi) is 2.56. The van der Waals surface area contributed by atoms with Crippen molar-refractivity contribution in [3.8, 4) is 11.3 Å². The number of hydrogen-bond donors (Lipinski definition) is 1. The highest BCUT2D eigenvalue weighted by Crippen LogP contribution is 2.24. The Morgan fingerprint density at radius 2 is 2.00 bits per heavy atom. The minimum absolute atomic E-state index is 0.409. The molecule has 0 saturated heterocycles. The van der Waals surface area contributed by atoms with E-state index in [-0.39, 0.29) is 0 Å². The van der Waals surface area contributed by atoms with Gasteiger partial charge in [-0.15, -0.1) is 11.3 Å². The van der Waals surface area contributed by atoms with Crippen molar-refractivity contribution in [3.05, 3.63) is 40.7 Å². The van der Waals surface area contributed by atoms with Gasteiger partial charge in [0.05, 0.1) is 16.1 Å². The lowest BCUT2D eigenvalue weighted by Crippen LogP contribution is -2.08. The van der Waals surface area contributed by atoms with Gasteiger partial charge >= 0.3 is 0 Å². The summed E-state index contributed by atoms with van der Waals surface area (Å²) in [6, 6.07) is 9.90. The SMILES string of the molecule is NC(=S)c1scnc1-c1ccccc1. The molecule has 1 heterocycles. The molecular formula is C10H8N2S2. The van der Waals surface area contributed by atoms with E-state index in [4.69, 9.17) is 18.0 Å². The number of rotatable bonds is 2. The number of nitrogens with zero attached hydrogens (tertiary/aromatic N) is 1. The van der Waals surface area contributed by atoms with Crippen LogP contribution in [0.1, 0.15) is 4.88 Å². The molecule has 2 N–H and O–H groups in total. The monoisotopic (exact) mass is 220 g/mol. The second-order valence-corrected chi connectivity index (χ2v) is 4.05. The van der Waals surface area contributed by atoms with E-state index in [2.05, 4.69) is 4.98 Å². The fourth-order valence-corrected chi connectivity index (χ4v) is 2.13. The summed E-state index contributed by atoms with van der Waals surface area (Å²) in [6.45, 7) is 0. The van der Waals surface area contributed by atoms with E-state index >= 15 is 0 Å². The molecule has 0 fully saturated rings. The molecule has 0 aliphatic rings. The van der Waals surface area contributed by atoms with Crippen LogP contribution < -0.4 is 5.73 Å². The van der Waals surface area contributed by atoms with Crippen molar-refractivity contribution < 1.29 is 0 Å². The van der Waals surface area contributed by atoms with Crippen LogP contribution in [0.5, 0.6) is 0 Å². The van der Waals surface area contributed by atoms with Gasteiger partial charge in [-0.1, -0.05) is 42.5 Å². The van der Waals surface area contributed by atoms with Crippen molar-refractivity contribution in [3.63, 3.8) is 0 Å². The van der Waals surface area contributed by atoms with Crippen LogP contribution in [-0.2, 0) is 0 Å². The third-order valence-electron chi connectivity index (χ3n) is 1.84. The summed E-state index contributed by atoms with van der Waals surface area (Å²) in [4.78, 5) is 5.55. The lowest BCUT2D eigenvalue weighted by molar-refractivity contribution is 1.40. The Labute approximate surface area is 91.4 Å². The largest absolute Gasteiger partial charge is 0.389 e. The minimum Gasteiger partial charge on any atom is -0.389 e. The molecule has 2 nitrogen and oxygen atoms in total. The third-order valence-corrected chi connectivity index (χ3v) is 3.03. The molecule has 0 aliphatic heterocycles. The quantitative estimate of drug-likeness (QED) is 0.790. The van der Waals surface area contributed by atoms with Crippen LogP contribution >= 0.6 is 23.6 Å². The molecule has 0 aliphatic carbocycles. The number of aromatic nitrogens is 1. The molecule has 70 valence electrons. The fourth-order valence-electron chi connectivity index (χ4n) is 1.22. The molecule has 1 aromatic heterocycles. The first-order valence-electron chi connectivity index (χ1n) is 4.08. The molecular weight excluding hydrogens is 212 g/mol. The summed E-state index contributed by atoms with van der Waals surface area (Å²) >= 11 is 6.43. The molecule has 14 heavy (non-hydrogen) atoms. The Bertz CT molecular complexity index is 448. The van der Waals surface area contributed by atoms with Crippen LogP contribution in [0, 0.1) is 0 Å². The van der Waals surface area contributed by atoms with Crippen molar-refractivity contribution in [1.29, 1.82) is 0 Å². The highest BCUT2D eigenvalue weighted by atomic mass is 32.1. The summed E-state index contributed by atoms with van der Waals surface area (Å²) in [5.41, 5.74) is 9.29. The Balaban J connectivity index is 2.52. The molecule has 2 aromatic rings. The minimum atomic E-state index is 0.409. The van der Waals surface area contributed by atoms with E-state index in [0.717, 1.165) is 16.1 Å². The second kappa shape index (κ2) is 3.86. The second-order valence-electron chi connectivity index (χ2n) is 2.76. The highest BCUT2D eigenvalue weighted by molar-refractivity contribution is 7.81. The van der Waals surface area contributed by atoms with E-state index in [9.17, 15) is 0 Å². The van der Waals surface area contributed by atoms with Crippen molar-refractivity contribution >= 4 is 28.5 Å². The molecule has 4 heteroatoms. The smallest absolute Gasteiger partial charge is 0.116 e. The molecule has 0 radical (unpaired) electrons. The molecule has 2 rings (SSSR count). The standard InChI is InChI=1S/C10H8N2S2/c11-10(13)9-8(12-6-14-9)7-4-2-1-3-5-7/h1-6H,(H2,11,13). The molecule has 0 saturated carbocycles. The summed E-state index contributed by atoms with van der Waals surface area (Å²) in [5.74, 6) is 0. The van der Waals surface area contributed by atoms with Gasteiger partial charge in [0.15, 0.2) is 0 Å². The number of benzene rings is 1. The van der Waals surface area contributed by atoms with Gasteiger partial charge in [-0.3, -0.25) is 0 Å². The van der Waals surface area contributed by atoms with Crippen molar-refractivity contribution in [2.45, 2.75) is 0 Å². The Morgan fingerprint density at radius 1 is 1.29 bits per heavy atom. The number of thiazole rings is 1. The molecule has 0 atom stereocenters. The van der Waals surface area contributed by atoms with E-state index in [0.29, 0.717) is 4.99 Å². The van der Waals surface area contributed by atoms with Crippen LogP contribution in [0.15, 0.2) is 35.8 Å². The predicted octanol–water partition coefficient (Wildman–Crippen LogP) is 2.44. The van der Waals surface area contributed by atoms with Crippen LogP contribution in [0.3, 0.4) is 0 Å². The lowest BCUT2D eigenvalue weighted by Gasteiger charge is -1.99. The third kappa shape index (κ3) is 1.66. The van der Waals surface area contributed by atoms with Gasteiger partial charge in [-0.2, -0.15) is 0 Å². The van der Waals surface area contributed by atoms with Crippen molar-refractivity contribution in [2.75, 3.05) is 0 Å². The van der Waals surface area contributed by atoms with Crippen LogP contribution in [-0.4, -0.2) is 9.97 Å². The van der Waals surface area contributed by atoms with Crippen LogP contribution in [0.4, 0.5) is 0 Å². The average molecular weight is 220 g/mol. The zero-order chi connectivity index (χ0) is 9.97. The summed E-state index contributed by atoms with van der Waals surface area (Å²) < 4.78 is 0. The van der Waals surface area contributed by atoms with Gasteiger partial charge in [0.1, 0.15) is 4.99 Å². The Hall–Kier alpha value is -1.26. The summed E-state index contributed by atoms with van der Waals surface area (Å²) in [6.07, 6.45) is 0. The number of hydrogen-bond acceptors (Lipinski definition) is 3.